The quantitative estimate of drug-likeness (QED) is 0.705. The monoisotopic (exact) mass is 158 g/mol. The molecule has 0 saturated carbocycles. The van der Waals surface area contributed by atoms with Crippen LogP contribution in [0.25, 0.3) is 0 Å². The summed E-state index contributed by atoms with van der Waals surface area (Å²) < 4.78 is 23.9. The van der Waals surface area contributed by atoms with Gasteiger partial charge < -0.3 is 5.73 Å². The van der Waals surface area contributed by atoms with Gasteiger partial charge in [0.25, 0.3) is 6.43 Å². The van der Waals surface area contributed by atoms with E-state index in [1.807, 2.05) is 0 Å². The van der Waals surface area contributed by atoms with Crippen LogP contribution >= 0.6 is 0 Å². The first-order valence-electron chi connectivity index (χ1n) is 3.15. The van der Waals surface area contributed by atoms with Crippen molar-refractivity contribution >= 4 is 0 Å². The SMILES string of the molecule is N[C@@H](c1ccncc1)C(F)F. The highest BCUT2D eigenvalue weighted by Gasteiger charge is 2.16. The van der Waals surface area contributed by atoms with Crippen LogP contribution in [-0.4, -0.2) is 11.4 Å². The number of hydrogen-bond donors (Lipinski definition) is 1. The Kier molecular flexibility index (Phi) is 2.48. The van der Waals surface area contributed by atoms with Gasteiger partial charge in [-0.3, -0.25) is 4.98 Å². The molecule has 0 saturated heterocycles. The van der Waals surface area contributed by atoms with Crippen LogP contribution in [0, 0.1) is 0 Å². The summed E-state index contributed by atoms with van der Waals surface area (Å²) in [5, 5.41) is 0. The van der Waals surface area contributed by atoms with Crippen molar-refractivity contribution in [2.45, 2.75) is 12.5 Å². The molecule has 1 rings (SSSR count). The molecule has 1 atom stereocenters. The minimum absolute atomic E-state index is 0.412. The average molecular weight is 158 g/mol. The van der Waals surface area contributed by atoms with Crippen molar-refractivity contribution in [3.8, 4) is 0 Å². The van der Waals surface area contributed by atoms with Gasteiger partial charge in [0.2, 0.25) is 0 Å². The van der Waals surface area contributed by atoms with Gasteiger partial charge in [-0.2, -0.15) is 0 Å². The molecule has 0 unspecified atom stereocenters. The Bertz CT molecular complexity index is 213. The van der Waals surface area contributed by atoms with E-state index in [-0.39, 0.29) is 0 Å². The zero-order valence-corrected chi connectivity index (χ0v) is 5.74. The van der Waals surface area contributed by atoms with Crippen molar-refractivity contribution in [3.63, 3.8) is 0 Å². The fourth-order valence-corrected chi connectivity index (χ4v) is 0.731. The fourth-order valence-electron chi connectivity index (χ4n) is 0.731. The molecule has 0 spiro atoms. The molecule has 0 aliphatic heterocycles. The maximum absolute atomic E-state index is 12.0. The smallest absolute Gasteiger partial charge is 0.257 e. The molecule has 1 aromatic heterocycles. The first-order valence-corrected chi connectivity index (χ1v) is 3.15. The van der Waals surface area contributed by atoms with Crippen LogP contribution in [0.4, 0.5) is 8.78 Å². The molecular formula is C7H8F2N2. The Morgan fingerprint density at radius 3 is 2.27 bits per heavy atom. The van der Waals surface area contributed by atoms with Crippen LogP contribution in [0.2, 0.25) is 0 Å². The molecule has 11 heavy (non-hydrogen) atoms. The van der Waals surface area contributed by atoms with E-state index in [9.17, 15) is 8.78 Å². The topological polar surface area (TPSA) is 38.9 Å². The van der Waals surface area contributed by atoms with Gasteiger partial charge in [0.05, 0.1) is 6.04 Å². The molecular weight excluding hydrogens is 150 g/mol. The van der Waals surface area contributed by atoms with Crippen LogP contribution < -0.4 is 5.73 Å². The zero-order valence-electron chi connectivity index (χ0n) is 5.74. The highest BCUT2D eigenvalue weighted by Crippen LogP contribution is 2.15. The third kappa shape index (κ3) is 1.94. The van der Waals surface area contributed by atoms with Crippen molar-refractivity contribution in [3.05, 3.63) is 30.1 Å². The standard InChI is InChI=1S/C7H8F2N2/c8-7(9)6(10)5-1-3-11-4-2-5/h1-4,6-7H,10H2/t6-/m0/s1. The van der Waals surface area contributed by atoms with E-state index >= 15 is 0 Å². The van der Waals surface area contributed by atoms with Gasteiger partial charge in [-0.15, -0.1) is 0 Å². The first kappa shape index (κ1) is 8.07. The number of aromatic nitrogens is 1. The molecule has 0 aromatic carbocycles. The van der Waals surface area contributed by atoms with Gasteiger partial charge in [0.15, 0.2) is 0 Å². The van der Waals surface area contributed by atoms with Crippen LogP contribution in [0.1, 0.15) is 11.6 Å². The van der Waals surface area contributed by atoms with E-state index in [0.29, 0.717) is 5.56 Å². The number of alkyl halides is 2. The zero-order chi connectivity index (χ0) is 8.27. The van der Waals surface area contributed by atoms with Crippen molar-refractivity contribution in [2.75, 3.05) is 0 Å². The van der Waals surface area contributed by atoms with Crippen molar-refractivity contribution < 1.29 is 8.78 Å². The molecule has 1 heterocycles. The Morgan fingerprint density at radius 1 is 1.27 bits per heavy atom. The van der Waals surface area contributed by atoms with Gasteiger partial charge >= 0.3 is 0 Å². The molecule has 2 N–H and O–H groups in total. The van der Waals surface area contributed by atoms with Gasteiger partial charge in [0, 0.05) is 12.4 Å². The lowest BCUT2D eigenvalue weighted by Gasteiger charge is -2.08. The normalized spacial score (nSPS) is 13.5. The molecule has 4 heteroatoms. The maximum Gasteiger partial charge on any atom is 0.257 e. The molecule has 0 amide bonds. The number of rotatable bonds is 2. The number of halogens is 2. The Morgan fingerprint density at radius 2 is 1.82 bits per heavy atom. The summed E-state index contributed by atoms with van der Waals surface area (Å²) in [6, 6.07) is 1.77. The van der Waals surface area contributed by atoms with E-state index < -0.39 is 12.5 Å². The second-order valence-corrected chi connectivity index (χ2v) is 2.14. The highest BCUT2D eigenvalue weighted by atomic mass is 19.3. The van der Waals surface area contributed by atoms with E-state index in [4.69, 9.17) is 5.73 Å². The lowest BCUT2D eigenvalue weighted by molar-refractivity contribution is 0.116. The summed E-state index contributed by atoms with van der Waals surface area (Å²) in [4.78, 5) is 3.69. The summed E-state index contributed by atoms with van der Waals surface area (Å²) >= 11 is 0. The molecule has 0 aliphatic rings. The van der Waals surface area contributed by atoms with Gasteiger partial charge in [-0.25, -0.2) is 8.78 Å². The van der Waals surface area contributed by atoms with Crippen molar-refractivity contribution in [2.24, 2.45) is 5.73 Å². The molecule has 0 aliphatic carbocycles. The third-order valence-electron chi connectivity index (χ3n) is 1.36. The highest BCUT2D eigenvalue weighted by molar-refractivity contribution is 5.14. The Balaban J connectivity index is 2.77. The minimum atomic E-state index is -2.52. The number of pyridine rings is 1. The van der Waals surface area contributed by atoms with Gasteiger partial charge in [0.1, 0.15) is 0 Å². The van der Waals surface area contributed by atoms with E-state index in [1.54, 1.807) is 0 Å². The van der Waals surface area contributed by atoms with E-state index in [1.165, 1.54) is 24.5 Å². The Labute approximate surface area is 63.1 Å². The molecule has 0 fully saturated rings. The molecule has 2 nitrogen and oxygen atoms in total. The van der Waals surface area contributed by atoms with Crippen LogP contribution in [0.3, 0.4) is 0 Å². The van der Waals surface area contributed by atoms with Crippen molar-refractivity contribution in [1.82, 2.24) is 4.98 Å². The number of hydrogen-bond acceptors (Lipinski definition) is 2. The lowest BCUT2D eigenvalue weighted by Crippen LogP contribution is -2.18. The predicted octanol–water partition coefficient (Wildman–Crippen LogP) is 1.35. The van der Waals surface area contributed by atoms with Crippen LogP contribution in [-0.2, 0) is 0 Å². The van der Waals surface area contributed by atoms with Crippen LogP contribution in [0.15, 0.2) is 24.5 Å². The molecule has 0 radical (unpaired) electrons. The molecule has 0 bridgehead atoms. The largest absolute Gasteiger partial charge is 0.319 e. The van der Waals surface area contributed by atoms with Crippen molar-refractivity contribution in [1.29, 1.82) is 0 Å². The van der Waals surface area contributed by atoms with Gasteiger partial charge in [-0.05, 0) is 17.7 Å². The lowest BCUT2D eigenvalue weighted by atomic mass is 10.1. The summed E-state index contributed by atoms with van der Waals surface area (Å²) in [5.74, 6) is 0. The van der Waals surface area contributed by atoms with Crippen LogP contribution in [0.5, 0.6) is 0 Å². The summed E-state index contributed by atoms with van der Waals surface area (Å²) in [6.07, 6.45) is 0.368. The summed E-state index contributed by atoms with van der Waals surface area (Å²) in [5.41, 5.74) is 5.57. The summed E-state index contributed by atoms with van der Waals surface area (Å²) in [6.45, 7) is 0. The average Bonchev–Trinajstić information content (AvgIpc) is 2.05. The predicted molar refractivity (Wildman–Crippen MR) is 37.2 cm³/mol. The number of nitrogens with zero attached hydrogens (tertiary/aromatic N) is 1. The third-order valence-corrected chi connectivity index (χ3v) is 1.36. The first-order chi connectivity index (χ1) is 5.22. The second-order valence-electron chi connectivity index (χ2n) is 2.14. The summed E-state index contributed by atoms with van der Waals surface area (Å²) in [7, 11) is 0. The minimum Gasteiger partial charge on any atom is -0.319 e. The number of nitrogens with two attached hydrogens (primary N) is 1. The fraction of sp³-hybridized carbons (Fsp3) is 0.286. The maximum atomic E-state index is 12.0. The molecule has 60 valence electrons. The van der Waals surface area contributed by atoms with E-state index in [0.717, 1.165) is 0 Å². The second kappa shape index (κ2) is 3.39. The van der Waals surface area contributed by atoms with E-state index in [2.05, 4.69) is 4.98 Å². The Hall–Kier alpha value is -1.03. The van der Waals surface area contributed by atoms with Gasteiger partial charge in [-0.1, -0.05) is 0 Å². The molecule has 1 aromatic rings.